The van der Waals surface area contributed by atoms with Gasteiger partial charge in [0.1, 0.15) is 0 Å². The van der Waals surface area contributed by atoms with Gasteiger partial charge in [0, 0.05) is 5.56 Å². The highest BCUT2D eigenvalue weighted by atomic mass is 16.1. The van der Waals surface area contributed by atoms with Crippen LogP contribution in [0.25, 0.3) is 33.4 Å². The van der Waals surface area contributed by atoms with Crippen molar-refractivity contribution in [1.29, 1.82) is 0 Å². The standard InChI is InChI=1S/C22H17N7O/c23-22-24-19-8-4-3-7-18(19)21(30)29(22)13-14-9-11-15(12-10-14)16-5-1-2-6-17(16)20-25-27-28-26-20/h1-12H,13H2,(H2,23,24)(H,25,26,27,28). The third kappa shape index (κ3) is 3.10. The van der Waals surface area contributed by atoms with Crippen LogP contribution in [0.1, 0.15) is 5.56 Å². The summed E-state index contributed by atoms with van der Waals surface area (Å²) in [5.41, 5.74) is 10.4. The molecule has 8 heteroatoms. The molecule has 8 nitrogen and oxygen atoms in total. The van der Waals surface area contributed by atoms with Crippen LogP contribution in [0.2, 0.25) is 0 Å². The molecule has 3 N–H and O–H groups in total. The van der Waals surface area contributed by atoms with Gasteiger partial charge in [0.15, 0.2) is 0 Å². The lowest BCUT2D eigenvalue weighted by Gasteiger charge is -2.11. The molecule has 0 bridgehead atoms. The molecule has 0 spiro atoms. The lowest BCUT2D eigenvalue weighted by Crippen LogP contribution is -2.25. The van der Waals surface area contributed by atoms with Gasteiger partial charge in [-0.2, -0.15) is 5.21 Å². The molecular formula is C22H17N7O. The molecular weight excluding hydrogens is 378 g/mol. The number of fused-ring (bicyclic) bond motifs is 1. The van der Waals surface area contributed by atoms with Crippen LogP contribution in [0.4, 0.5) is 5.95 Å². The monoisotopic (exact) mass is 395 g/mol. The number of hydrogen-bond donors (Lipinski definition) is 2. The van der Waals surface area contributed by atoms with Gasteiger partial charge in [0.05, 0.1) is 17.4 Å². The molecule has 146 valence electrons. The van der Waals surface area contributed by atoms with E-state index < -0.39 is 0 Å². The van der Waals surface area contributed by atoms with E-state index in [4.69, 9.17) is 5.73 Å². The fourth-order valence-corrected chi connectivity index (χ4v) is 3.52. The van der Waals surface area contributed by atoms with E-state index in [9.17, 15) is 4.79 Å². The summed E-state index contributed by atoms with van der Waals surface area (Å²) >= 11 is 0. The Kier molecular flexibility index (Phi) is 4.29. The smallest absolute Gasteiger partial charge is 0.263 e. The zero-order valence-electron chi connectivity index (χ0n) is 15.9. The number of anilines is 1. The highest BCUT2D eigenvalue weighted by Crippen LogP contribution is 2.29. The predicted molar refractivity (Wildman–Crippen MR) is 115 cm³/mol. The van der Waals surface area contributed by atoms with E-state index in [0.717, 1.165) is 22.3 Å². The number of nitrogens with two attached hydrogens (primary N) is 1. The van der Waals surface area contributed by atoms with Crippen molar-refractivity contribution in [3.05, 3.63) is 88.7 Å². The molecule has 0 unspecified atom stereocenters. The molecule has 0 aliphatic carbocycles. The minimum absolute atomic E-state index is 0.148. The Hall–Kier alpha value is -4.33. The molecule has 0 amide bonds. The van der Waals surface area contributed by atoms with Crippen LogP contribution in [0.3, 0.4) is 0 Å². The predicted octanol–water partition coefficient (Wildman–Crippen LogP) is 2.87. The summed E-state index contributed by atoms with van der Waals surface area (Å²) in [5.74, 6) is 0.737. The molecule has 0 aliphatic heterocycles. The van der Waals surface area contributed by atoms with Crippen molar-refractivity contribution >= 4 is 16.9 Å². The molecule has 30 heavy (non-hydrogen) atoms. The summed E-state index contributed by atoms with van der Waals surface area (Å²) in [6.45, 7) is 0.343. The first-order valence-corrected chi connectivity index (χ1v) is 9.38. The van der Waals surface area contributed by atoms with E-state index in [2.05, 4.69) is 25.6 Å². The Morgan fingerprint density at radius 1 is 0.900 bits per heavy atom. The number of aromatic nitrogens is 6. The second-order valence-corrected chi connectivity index (χ2v) is 6.86. The second-order valence-electron chi connectivity index (χ2n) is 6.86. The van der Waals surface area contributed by atoms with Gasteiger partial charge in [-0.05, 0) is 34.0 Å². The summed E-state index contributed by atoms with van der Waals surface area (Å²) in [5, 5.41) is 14.9. The van der Waals surface area contributed by atoms with Gasteiger partial charge >= 0.3 is 0 Å². The highest BCUT2D eigenvalue weighted by Gasteiger charge is 2.12. The number of aromatic amines is 1. The lowest BCUT2D eigenvalue weighted by molar-refractivity contribution is 0.764. The van der Waals surface area contributed by atoms with Crippen molar-refractivity contribution < 1.29 is 0 Å². The maximum absolute atomic E-state index is 12.8. The number of benzene rings is 3. The van der Waals surface area contributed by atoms with Gasteiger partial charge in [-0.15, -0.1) is 10.2 Å². The summed E-state index contributed by atoms with van der Waals surface area (Å²) in [7, 11) is 0. The van der Waals surface area contributed by atoms with Crippen LogP contribution >= 0.6 is 0 Å². The maximum Gasteiger partial charge on any atom is 0.263 e. The van der Waals surface area contributed by atoms with E-state index in [1.54, 1.807) is 12.1 Å². The maximum atomic E-state index is 12.8. The quantitative estimate of drug-likeness (QED) is 0.483. The first-order chi connectivity index (χ1) is 14.7. The van der Waals surface area contributed by atoms with Gasteiger partial charge in [0.25, 0.3) is 5.56 Å². The number of nitrogens with one attached hydrogen (secondary N) is 1. The number of nitrogen functional groups attached to an aromatic ring is 1. The van der Waals surface area contributed by atoms with Crippen LogP contribution in [-0.2, 0) is 6.54 Å². The van der Waals surface area contributed by atoms with Crippen molar-refractivity contribution in [3.63, 3.8) is 0 Å². The molecule has 3 aromatic carbocycles. The van der Waals surface area contributed by atoms with Gasteiger partial charge in [-0.1, -0.05) is 60.7 Å². The SMILES string of the molecule is Nc1nc2ccccc2c(=O)n1Cc1ccc(-c2ccccc2-c2nn[nH]n2)cc1. The molecule has 0 atom stereocenters. The van der Waals surface area contributed by atoms with Crippen molar-refractivity contribution in [2.24, 2.45) is 0 Å². The topological polar surface area (TPSA) is 115 Å². The molecule has 0 fully saturated rings. The first-order valence-electron chi connectivity index (χ1n) is 9.38. The number of para-hydroxylation sites is 1. The van der Waals surface area contributed by atoms with Gasteiger partial charge in [-0.3, -0.25) is 9.36 Å². The summed E-state index contributed by atoms with van der Waals surface area (Å²) in [6, 6.07) is 23.0. The highest BCUT2D eigenvalue weighted by molar-refractivity contribution is 5.80. The lowest BCUT2D eigenvalue weighted by atomic mass is 9.98. The van der Waals surface area contributed by atoms with E-state index in [-0.39, 0.29) is 11.5 Å². The van der Waals surface area contributed by atoms with Gasteiger partial charge < -0.3 is 5.73 Å². The molecule has 0 saturated carbocycles. The van der Waals surface area contributed by atoms with Gasteiger partial charge in [-0.25, -0.2) is 4.98 Å². The molecule has 2 aromatic heterocycles. The number of hydrogen-bond acceptors (Lipinski definition) is 6. The van der Waals surface area contributed by atoms with Gasteiger partial charge in [0.2, 0.25) is 11.8 Å². The molecule has 0 radical (unpaired) electrons. The number of nitrogens with zero attached hydrogens (tertiary/aromatic N) is 5. The molecule has 2 heterocycles. The minimum Gasteiger partial charge on any atom is -0.369 e. The fourth-order valence-electron chi connectivity index (χ4n) is 3.52. The zero-order chi connectivity index (χ0) is 20.5. The second kappa shape index (κ2) is 7.25. The third-order valence-electron chi connectivity index (χ3n) is 5.01. The Labute approximate surface area is 171 Å². The van der Waals surface area contributed by atoms with Crippen LogP contribution in [0.15, 0.2) is 77.6 Å². The Morgan fingerprint density at radius 3 is 2.40 bits per heavy atom. The van der Waals surface area contributed by atoms with Crippen LogP contribution in [-0.4, -0.2) is 30.2 Å². The summed E-state index contributed by atoms with van der Waals surface area (Å²) < 4.78 is 1.49. The summed E-state index contributed by atoms with van der Waals surface area (Å²) in [4.78, 5) is 17.2. The van der Waals surface area contributed by atoms with Crippen LogP contribution in [0.5, 0.6) is 0 Å². The Morgan fingerprint density at radius 2 is 1.63 bits per heavy atom. The zero-order valence-corrected chi connectivity index (χ0v) is 15.9. The Balaban J connectivity index is 1.49. The largest absolute Gasteiger partial charge is 0.369 e. The third-order valence-corrected chi connectivity index (χ3v) is 5.01. The number of rotatable bonds is 4. The summed E-state index contributed by atoms with van der Waals surface area (Å²) in [6.07, 6.45) is 0. The molecule has 5 aromatic rings. The molecule has 5 rings (SSSR count). The molecule has 0 saturated heterocycles. The Bertz CT molecular complexity index is 1390. The normalized spacial score (nSPS) is 11.1. The van der Waals surface area contributed by atoms with E-state index in [0.29, 0.717) is 23.3 Å². The van der Waals surface area contributed by atoms with Crippen molar-refractivity contribution in [2.75, 3.05) is 5.73 Å². The van der Waals surface area contributed by atoms with E-state index in [1.165, 1.54) is 4.57 Å². The minimum atomic E-state index is -0.148. The van der Waals surface area contributed by atoms with Crippen molar-refractivity contribution in [2.45, 2.75) is 6.54 Å². The van der Waals surface area contributed by atoms with E-state index >= 15 is 0 Å². The average Bonchev–Trinajstić information content (AvgIpc) is 3.32. The van der Waals surface area contributed by atoms with Crippen molar-refractivity contribution in [3.8, 4) is 22.5 Å². The number of H-pyrrole nitrogens is 1. The fraction of sp³-hybridized carbons (Fsp3) is 0.0455. The van der Waals surface area contributed by atoms with E-state index in [1.807, 2.05) is 60.7 Å². The van der Waals surface area contributed by atoms with Crippen LogP contribution < -0.4 is 11.3 Å². The van der Waals surface area contributed by atoms with Crippen molar-refractivity contribution in [1.82, 2.24) is 30.2 Å². The molecule has 0 aliphatic rings. The van der Waals surface area contributed by atoms with Crippen LogP contribution in [0, 0.1) is 0 Å². The first kappa shape index (κ1) is 17.7. The average molecular weight is 395 g/mol. The number of tetrazole rings is 1.